The highest BCUT2D eigenvalue weighted by Crippen LogP contribution is 2.33. The Hall–Kier alpha value is -2.00. The van der Waals surface area contributed by atoms with Crippen molar-refractivity contribution in [2.24, 2.45) is 0 Å². The molecule has 0 bridgehead atoms. The Morgan fingerprint density at radius 2 is 1.47 bits per heavy atom. The average Bonchev–Trinajstić information content (AvgIpc) is 2.47. The third-order valence-electron chi connectivity index (χ3n) is 2.97. The van der Waals surface area contributed by atoms with E-state index in [1.54, 1.807) is 12.1 Å². The molecule has 0 radical (unpaired) electrons. The molecule has 2 aromatic carbocycles. The molecule has 3 heteroatoms. The SMILES string of the molecule is C=CC(F)(F)C(O)c1ccc(-c2ccccc2)cc1. The molecule has 0 amide bonds. The van der Waals surface area contributed by atoms with Crippen LogP contribution in [-0.4, -0.2) is 11.0 Å². The lowest BCUT2D eigenvalue weighted by Crippen LogP contribution is -2.23. The first-order valence-corrected chi connectivity index (χ1v) is 5.89. The predicted molar refractivity (Wildman–Crippen MR) is 72.0 cm³/mol. The Morgan fingerprint density at radius 3 is 2.00 bits per heavy atom. The minimum Gasteiger partial charge on any atom is -0.382 e. The lowest BCUT2D eigenvalue weighted by molar-refractivity contribution is -0.0712. The summed E-state index contributed by atoms with van der Waals surface area (Å²) in [5.41, 5.74) is 2.09. The van der Waals surface area contributed by atoms with E-state index in [1.807, 2.05) is 30.3 Å². The number of hydrogen-bond donors (Lipinski definition) is 1. The van der Waals surface area contributed by atoms with Gasteiger partial charge in [0, 0.05) is 0 Å². The highest BCUT2D eigenvalue weighted by molar-refractivity contribution is 5.63. The van der Waals surface area contributed by atoms with Crippen LogP contribution < -0.4 is 0 Å². The molecule has 1 unspecified atom stereocenters. The van der Waals surface area contributed by atoms with Crippen LogP contribution in [0.4, 0.5) is 8.78 Å². The second-order valence-corrected chi connectivity index (χ2v) is 4.27. The molecule has 1 nitrogen and oxygen atoms in total. The molecule has 0 saturated heterocycles. The van der Waals surface area contributed by atoms with Gasteiger partial charge in [-0.25, -0.2) is 0 Å². The van der Waals surface area contributed by atoms with Crippen LogP contribution in [0.3, 0.4) is 0 Å². The number of hydrogen-bond acceptors (Lipinski definition) is 1. The number of halogens is 2. The standard InChI is InChI=1S/C16H14F2O/c1-2-16(17,18)15(19)14-10-8-13(9-11-14)12-6-4-3-5-7-12/h2-11,15,19H,1H2. The van der Waals surface area contributed by atoms with Crippen molar-refractivity contribution >= 4 is 0 Å². The third kappa shape index (κ3) is 2.88. The number of aliphatic hydroxyl groups is 1. The zero-order valence-corrected chi connectivity index (χ0v) is 10.3. The van der Waals surface area contributed by atoms with Crippen molar-refractivity contribution in [3.05, 3.63) is 72.8 Å². The molecule has 2 aromatic rings. The molecule has 0 aliphatic heterocycles. The highest BCUT2D eigenvalue weighted by Gasteiger charge is 2.35. The summed E-state index contributed by atoms with van der Waals surface area (Å²) >= 11 is 0. The predicted octanol–water partition coefficient (Wildman–Crippen LogP) is 4.21. The number of benzene rings is 2. The Balaban J connectivity index is 2.27. The summed E-state index contributed by atoms with van der Waals surface area (Å²) < 4.78 is 26.6. The summed E-state index contributed by atoms with van der Waals surface area (Å²) in [6.45, 7) is 3.03. The van der Waals surface area contributed by atoms with E-state index in [9.17, 15) is 13.9 Å². The third-order valence-corrected chi connectivity index (χ3v) is 2.97. The van der Waals surface area contributed by atoms with Crippen molar-refractivity contribution in [1.29, 1.82) is 0 Å². The van der Waals surface area contributed by atoms with Crippen LogP contribution in [0.5, 0.6) is 0 Å². The van der Waals surface area contributed by atoms with Gasteiger partial charge >= 0.3 is 0 Å². The number of rotatable bonds is 4. The molecule has 0 fully saturated rings. The molecule has 1 atom stereocenters. The average molecular weight is 260 g/mol. The normalized spacial score (nSPS) is 13.0. The Labute approximate surface area is 110 Å². The molecule has 0 heterocycles. The summed E-state index contributed by atoms with van der Waals surface area (Å²) in [4.78, 5) is 0. The molecular weight excluding hydrogens is 246 g/mol. The van der Waals surface area contributed by atoms with Gasteiger partial charge in [-0.1, -0.05) is 61.2 Å². The van der Waals surface area contributed by atoms with Crippen molar-refractivity contribution in [3.8, 4) is 11.1 Å². The Kier molecular flexibility index (Phi) is 3.76. The fourth-order valence-corrected chi connectivity index (χ4v) is 1.82. The number of aliphatic hydroxyl groups excluding tert-OH is 1. The maximum atomic E-state index is 13.3. The van der Waals surface area contributed by atoms with Gasteiger partial charge in [0.05, 0.1) is 0 Å². The molecule has 0 saturated carbocycles. The van der Waals surface area contributed by atoms with E-state index < -0.39 is 12.0 Å². The van der Waals surface area contributed by atoms with Crippen LogP contribution in [0, 0.1) is 0 Å². The van der Waals surface area contributed by atoms with E-state index >= 15 is 0 Å². The summed E-state index contributed by atoms with van der Waals surface area (Å²) in [6, 6.07) is 16.0. The second-order valence-electron chi connectivity index (χ2n) is 4.27. The van der Waals surface area contributed by atoms with Gasteiger partial charge in [-0.15, -0.1) is 0 Å². The van der Waals surface area contributed by atoms with Crippen LogP contribution in [0.15, 0.2) is 67.3 Å². The van der Waals surface area contributed by atoms with Crippen LogP contribution in [0.2, 0.25) is 0 Å². The van der Waals surface area contributed by atoms with Gasteiger partial charge in [-0.3, -0.25) is 0 Å². The van der Waals surface area contributed by atoms with Crippen molar-refractivity contribution in [2.75, 3.05) is 0 Å². The van der Waals surface area contributed by atoms with Gasteiger partial charge in [-0.2, -0.15) is 8.78 Å². The quantitative estimate of drug-likeness (QED) is 0.816. The van der Waals surface area contributed by atoms with Gasteiger partial charge < -0.3 is 5.11 Å². The van der Waals surface area contributed by atoms with E-state index in [4.69, 9.17) is 0 Å². The fourth-order valence-electron chi connectivity index (χ4n) is 1.82. The number of alkyl halides is 2. The Morgan fingerprint density at radius 1 is 0.947 bits per heavy atom. The van der Waals surface area contributed by atoms with Crippen LogP contribution in [0.25, 0.3) is 11.1 Å². The van der Waals surface area contributed by atoms with Gasteiger partial charge in [0.15, 0.2) is 0 Å². The van der Waals surface area contributed by atoms with Crippen molar-refractivity contribution in [2.45, 2.75) is 12.0 Å². The van der Waals surface area contributed by atoms with Crippen molar-refractivity contribution in [3.63, 3.8) is 0 Å². The second kappa shape index (κ2) is 5.33. The summed E-state index contributed by atoms with van der Waals surface area (Å²) in [7, 11) is 0. The molecule has 98 valence electrons. The van der Waals surface area contributed by atoms with Gasteiger partial charge in [0.2, 0.25) is 0 Å². The van der Waals surface area contributed by atoms with E-state index in [2.05, 4.69) is 6.58 Å². The summed E-state index contributed by atoms with van der Waals surface area (Å²) in [5, 5.41) is 9.59. The first-order valence-electron chi connectivity index (χ1n) is 5.89. The maximum absolute atomic E-state index is 13.3. The van der Waals surface area contributed by atoms with Crippen LogP contribution in [0.1, 0.15) is 11.7 Å². The smallest absolute Gasteiger partial charge is 0.295 e. The van der Waals surface area contributed by atoms with E-state index in [1.165, 1.54) is 12.1 Å². The molecule has 0 spiro atoms. The first-order chi connectivity index (χ1) is 9.04. The molecule has 0 aliphatic rings. The lowest BCUT2D eigenvalue weighted by Gasteiger charge is -2.19. The minimum absolute atomic E-state index is 0.171. The minimum atomic E-state index is -3.33. The van der Waals surface area contributed by atoms with E-state index in [-0.39, 0.29) is 5.56 Å². The maximum Gasteiger partial charge on any atom is 0.295 e. The molecule has 0 aliphatic carbocycles. The van der Waals surface area contributed by atoms with E-state index in [0.29, 0.717) is 6.08 Å². The molecule has 2 rings (SSSR count). The van der Waals surface area contributed by atoms with Crippen molar-refractivity contribution in [1.82, 2.24) is 0 Å². The van der Waals surface area contributed by atoms with Crippen LogP contribution >= 0.6 is 0 Å². The van der Waals surface area contributed by atoms with Crippen LogP contribution in [-0.2, 0) is 0 Å². The first kappa shape index (κ1) is 13.4. The van der Waals surface area contributed by atoms with E-state index in [0.717, 1.165) is 11.1 Å². The molecular formula is C16H14F2O. The molecule has 0 aromatic heterocycles. The topological polar surface area (TPSA) is 20.2 Å². The lowest BCUT2D eigenvalue weighted by atomic mass is 9.99. The zero-order chi connectivity index (χ0) is 13.9. The molecule has 1 N–H and O–H groups in total. The monoisotopic (exact) mass is 260 g/mol. The van der Waals surface area contributed by atoms with Crippen molar-refractivity contribution < 1.29 is 13.9 Å². The highest BCUT2D eigenvalue weighted by atomic mass is 19.3. The fraction of sp³-hybridized carbons (Fsp3) is 0.125. The van der Waals surface area contributed by atoms with Gasteiger partial charge in [0.1, 0.15) is 6.10 Å². The largest absolute Gasteiger partial charge is 0.382 e. The van der Waals surface area contributed by atoms with Gasteiger partial charge in [0.25, 0.3) is 5.92 Å². The summed E-state index contributed by atoms with van der Waals surface area (Å²) in [6.07, 6.45) is -1.40. The Bertz CT molecular complexity index is 547. The zero-order valence-electron chi connectivity index (χ0n) is 10.3. The molecule has 19 heavy (non-hydrogen) atoms. The summed E-state index contributed by atoms with van der Waals surface area (Å²) in [5.74, 6) is -3.33. The van der Waals surface area contributed by atoms with Gasteiger partial charge in [-0.05, 0) is 22.8 Å².